The van der Waals surface area contributed by atoms with Crippen LogP contribution in [-0.4, -0.2) is 41.8 Å². The Balaban J connectivity index is 1.51. The monoisotopic (exact) mass is 479 g/mol. The molecule has 0 radical (unpaired) electrons. The Bertz CT molecular complexity index is 1250. The van der Waals surface area contributed by atoms with E-state index in [1.807, 2.05) is 0 Å². The lowest BCUT2D eigenvalue weighted by molar-refractivity contribution is -0.137. The minimum Gasteiger partial charge on any atom is -0.420 e. The van der Waals surface area contributed by atoms with Gasteiger partial charge in [0.05, 0.1) is 16.4 Å². The maximum atomic E-state index is 13.1. The van der Waals surface area contributed by atoms with E-state index in [2.05, 4.69) is 10.2 Å². The molecule has 0 amide bonds. The fourth-order valence-corrected chi connectivity index (χ4v) is 5.21. The van der Waals surface area contributed by atoms with Crippen molar-refractivity contribution in [2.24, 2.45) is 0 Å². The van der Waals surface area contributed by atoms with E-state index in [1.54, 1.807) is 0 Å². The number of carbonyl (C=O) groups excluding carboxylic acids is 1. The number of hydrogen-bond acceptors (Lipinski definition) is 6. The molecule has 0 bridgehead atoms. The van der Waals surface area contributed by atoms with Gasteiger partial charge in [-0.3, -0.25) is 4.79 Å². The first-order valence-electron chi connectivity index (χ1n) is 10.2. The lowest BCUT2D eigenvalue weighted by Gasteiger charge is -2.30. The van der Waals surface area contributed by atoms with Crippen molar-refractivity contribution in [1.82, 2.24) is 14.5 Å². The Morgan fingerprint density at radius 1 is 1.06 bits per heavy atom. The van der Waals surface area contributed by atoms with Crippen LogP contribution in [0.25, 0.3) is 11.5 Å². The smallest absolute Gasteiger partial charge is 0.416 e. The summed E-state index contributed by atoms with van der Waals surface area (Å²) >= 11 is 0. The third-order valence-corrected chi connectivity index (χ3v) is 7.41. The van der Waals surface area contributed by atoms with Crippen molar-refractivity contribution in [2.75, 3.05) is 13.1 Å². The molecule has 4 rings (SSSR count). The number of Topliss-reactive ketones (excluding diaryl/α,β-unsaturated/α-hetero) is 1. The van der Waals surface area contributed by atoms with Gasteiger partial charge in [0.2, 0.25) is 21.8 Å². The number of rotatable bonds is 5. The van der Waals surface area contributed by atoms with Crippen molar-refractivity contribution in [3.63, 3.8) is 0 Å². The topological polar surface area (TPSA) is 93.4 Å². The molecule has 1 aliphatic rings. The Morgan fingerprint density at radius 2 is 1.73 bits per heavy atom. The maximum absolute atomic E-state index is 13.1. The summed E-state index contributed by atoms with van der Waals surface area (Å²) in [5.41, 5.74) is -0.0184. The molecule has 3 aromatic rings. The number of benzene rings is 2. The van der Waals surface area contributed by atoms with Crippen LogP contribution in [-0.2, 0) is 16.2 Å². The highest BCUT2D eigenvalue weighted by atomic mass is 32.2. The highest BCUT2D eigenvalue weighted by Gasteiger charge is 2.34. The second-order valence-corrected chi connectivity index (χ2v) is 9.74. The molecule has 2 heterocycles. The van der Waals surface area contributed by atoms with E-state index in [0.717, 1.165) is 12.1 Å². The summed E-state index contributed by atoms with van der Waals surface area (Å²) in [6, 6.07) is 10.1. The summed E-state index contributed by atoms with van der Waals surface area (Å²) in [4.78, 5) is 11.5. The van der Waals surface area contributed by atoms with E-state index in [0.29, 0.717) is 30.5 Å². The molecule has 0 N–H and O–H groups in total. The van der Waals surface area contributed by atoms with Gasteiger partial charge in [0, 0.05) is 24.2 Å². The quantitative estimate of drug-likeness (QED) is 0.500. The average molecular weight is 479 g/mol. The number of carbonyl (C=O) groups is 1. The van der Waals surface area contributed by atoms with Crippen LogP contribution >= 0.6 is 0 Å². The SMILES string of the molecule is CC(=O)c1ccc(S(=O)(=O)N2CCCC(c3nnc(-c4ccc(C(F)(F)F)cc4)o3)C2)cc1. The predicted octanol–water partition coefficient (Wildman–Crippen LogP) is 4.53. The van der Waals surface area contributed by atoms with E-state index >= 15 is 0 Å². The molecule has 0 saturated carbocycles. The predicted molar refractivity (Wildman–Crippen MR) is 112 cm³/mol. The first-order chi connectivity index (χ1) is 15.6. The van der Waals surface area contributed by atoms with Crippen molar-refractivity contribution < 1.29 is 30.8 Å². The summed E-state index contributed by atoms with van der Waals surface area (Å²) < 4.78 is 71.4. The molecule has 7 nitrogen and oxygen atoms in total. The summed E-state index contributed by atoms with van der Waals surface area (Å²) in [6.07, 6.45) is -3.24. The number of piperidine rings is 1. The molecule has 174 valence electrons. The van der Waals surface area contributed by atoms with Crippen molar-refractivity contribution >= 4 is 15.8 Å². The highest BCUT2D eigenvalue weighted by molar-refractivity contribution is 7.89. The number of halogens is 3. The van der Waals surface area contributed by atoms with Crippen LogP contribution in [0.1, 0.15) is 47.5 Å². The Kier molecular flexibility index (Phi) is 6.10. The molecule has 1 aromatic heterocycles. The van der Waals surface area contributed by atoms with Gasteiger partial charge in [-0.1, -0.05) is 12.1 Å². The van der Waals surface area contributed by atoms with Crippen LogP contribution in [0.4, 0.5) is 13.2 Å². The van der Waals surface area contributed by atoms with Crippen molar-refractivity contribution in [3.8, 4) is 11.5 Å². The lowest BCUT2D eigenvalue weighted by Crippen LogP contribution is -2.39. The second kappa shape index (κ2) is 8.71. The summed E-state index contributed by atoms with van der Waals surface area (Å²) in [5, 5.41) is 7.94. The Labute approximate surface area is 188 Å². The van der Waals surface area contributed by atoms with E-state index in [4.69, 9.17) is 4.42 Å². The van der Waals surface area contributed by atoms with Crippen LogP contribution in [0.2, 0.25) is 0 Å². The summed E-state index contributed by atoms with van der Waals surface area (Å²) in [7, 11) is -3.78. The summed E-state index contributed by atoms with van der Waals surface area (Å²) in [5.74, 6) is -0.201. The highest BCUT2D eigenvalue weighted by Crippen LogP contribution is 2.33. The van der Waals surface area contributed by atoms with E-state index < -0.39 is 21.8 Å². The van der Waals surface area contributed by atoms with E-state index in [9.17, 15) is 26.4 Å². The maximum Gasteiger partial charge on any atom is 0.416 e. The van der Waals surface area contributed by atoms with Crippen molar-refractivity contribution in [2.45, 2.75) is 36.8 Å². The minimum atomic E-state index is -4.44. The van der Waals surface area contributed by atoms with Gasteiger partial charge in [0.1, 0.15) is 0 Å². The minimum absolute atomic E-state index is 0.0681. The molecular weight excluding hydrogens is 459 g/mol. The van der Waals surface area contributed by atoms with Crippen LogP contribution in [0.3, 0.4) is 0 Å². The molecule has 0 spiro atoms. The molecule has 1 aliphatic heterocycles. The van der Waals surface area contributed by atoms with Gasteiger partial charge in [0.15, 0.2) is 5.78 Å². The Hall–Kier alpha value is -3.05. The van der Waals surface area contributed by atoms with Crippen molar-refractivity contribution in [3.05, 3.63) is 65.5 Å². The molecule has 2 aromatic carbocycles. The molecule has 1 saturated heterocycles. The van der Waals surface area contributed by atoms with Gasteiger partial charge in [-0.2, -0.15) is 17.5 Å². The Morgan fingerprint density at radius 3 is 2.33 bits per heavy atom. The largest absolute Gasteiger partial charge is 0.420 e. The van der Waals surface area contributed by atoms with Crippen LogP contribution < -0.4 is 0 Å². The fourth-order valence-electron chi connectivity index (χ4n) is 3.69. The zero-order chi connectivity index (χ0) is 23.8. The second-order valence-electron chi connectivity index (χ2n) is 7.80. The number of sulfonamides is 1. The zero-order valence-corrected chi connectivity index (χ0v) is 18.4. The standard InChI is InChI=1S/C22H20F3N3O4S/c1-14(29)15-6-10-19(11-7-15)33(30,31)28-12-2-3-17(13-28)21-27-26-20(32-21)16-4-8-18(9-5-16)22(23,24)25/h4-11,17H,2-3,12-13H2,1H3. The van der Waals surface area contributed by atoms with E-state index in [1.165, 1.54) is 47.6 Å². The number of nitrogens with zero attached hydrogens (tertiary/aromatic N) is 3. The van der Waals surface area contributed by atoms with Crippen LogP contribution in [0, 0.1) is 0 Å². The zero-order valence-electron chi connectivity index (χ0n) is 17.5. The molecular formula is C22H20F3N3O4S. The van der Waals surface area contributed by atoms with Gasteiger partial charge >= 0.3 is 6.18 Å². The molecule has 1 fully saturated rings. The van der Waals surface area contributed by atoms with Gasteiger partial charge in [-0.05, 0) is 56.2 Å². The number of aromatic nitrogens is 2. The van der Waals surface area contributed by atoms with Gasteiger partial charge < -0.3 is 4.42 Å². The molecule has 11 heteroatoms. The normalized spacial score (nSPS) is 17.8. The van der Waals surface area contributed by atoms with Crippen LogP contribution in [0.5, 0.6) is 0 Å². The molecule has 1 atom stereocenters. The van der Waals surface area contributed by atoms with Gasteiger partial charge in [0.25, 0.3) is 0 Å². The van der Waals surface area contributed by atoms with Crippen molar-refractivity contribution in [1.29, 1.82) is 0 Å². The number of hydrogen-bond donors (Lipinski definition) is 0. The summed E-state index contributed by atoms with van der Waals surface area (Å²) in [6.45, 7) is 1.86. The van der Waals surface area contributed by atoms with Gasteiger partial charge in [-0.25, -0.2) is 8.42 Å². The first-order valence-corrected chi connectivity index (χ1v) is 11.6. The average Bonchev–Trinajstić information content (AvgIpc) is 3.29. The molecule has 1 unspecified atom stereocenters. The van der Waals surface area contributed by atoms with E-state index in [-0.39, 0.29) is 34.9 Å². The number of alkyl halides is 3. The van der Waals surface area contributed by atoms with Gasteiger partial charge in [-0.15, -0.1) is 10.2 Å². The van der Waals surface area contributed by atoms with Crippen LogP contribution in [0.15, 0.2) is 57.8 Å². The third-order valence-electron chi connectivity index (χ3n) is 5.53. The lowest BCUT2D eigenvalue weighted by atomic mass is 10.00. The number of ketones is 1. The molecule has 0 aliphatic carbocycles. The fraction of sp³-hybridized carbons (Fsp3) is 0.318. The molecule has 33 heavy (non-hydrogen) atoms. The third kappa shape index (κ3) is 4.83. The first kappa shape index (κ1) is 23.1.